The fraction of sp³-hybridized carbons (Fsp3) is 0.143. The van der Waals surface area contributed by atoms with Crippen LogP contribution in [0, 0.1) is 11.6 Å². The fourth-order valence-electron chi connectivity index (χ4n) is 2.89. The Bertz CT molecular complexity index is 1210. The molecule has 1 N–H and O–H groups in total. The molecule has 0 spiro atoms. The van der Waals surface area contributed by atoms with E-state index in [0.717, 1.165) is 17.7 Å². The van der Waals surface area contributed by atoms with Crippen molar-refractivity contribution in [2.75, 3.05) is 20.3 Å². The highest BCUT2D eigenvalue weighted by Gasteiger charge is 2.16. The first-order chi connectivity index (χ1) is 15.1. The molecule has 0 saturated heterocycles. The Kier molecular flexibility index (Phi) is 5.69. The fourth-order valence-corrected chi connectivity index (χ4v) is 2.89. The van der Waals surface area contributed by atoms with Gasteiger partial charge in [0.05, 0.1) is 13.7 Å². The first-order valence-corrected chi connectivity index (χ1v) is 9.28. The van der Waals surface area contributed by atoms with Crippen molar-refractivity contribution in [1.82, 2.24) is 25.1 Å². The topological polar surface area (TPSA) is 90.6 Å². The summed E-state index contributed by atoms with van der Waals surface area (Å²) in [5.41, 5.74) is 0.689. The molecule has 0 bridgehead atoms. The molecule has 0 fully saturated rings. The third kappa shape index (κ3) is 4.27. The Labute approximate surface area is 175 Å². The number of hydrogen-bond donors (Lipinski definition) is 1. The number of fused-ring (bicyclic) bond motifs is 1. The van der Waals surface area contributed by atoms with E-state index < -0.39 is 23.1 Å². The molecule has 4 rings (SSSR count). The maximum atomic E-state index is 13.6. The lowest BCUT2D eigenvalue weighted by atomic mass is 10.2. The van der Waals surface area contributed by atoms with Gasteiger partial charge >= 0.3 is 0 Å². The molecule has 2 aromatic heterocycles. The van der Waals surface area contributed by atoms with Gasteiger partial charge in [-0.2, -0.15) is 4.52 Å². The second-order valence-electron chi connectivity index (χ2n) is 6.39. The van der Waals surface area contributed by atoms with Crippen LogP contribution in [0.5, 0.6) is 11.6 Å². The zero-order valence-corrected chi connectivity index (χ0v) is 16.4. The standard InChI is InChI=1S/C21H17F2N5O3/c1-30-14-7-5-13(6-8-14)20-26-25-17-9-10-18(27-28(17)20)31-12-11-24-21(29)19-15(22)3-2-4-16(19)23/h2-10H,11-12H2,1H3,(H,24,29). The lowest BCUT2D eigenvalue weighted by Crippen LogP contribution is -2.29. The summed E-state index contributed by atoms with van der Waals surface area (Å²) in [5, 5.41) is 15.0. The molecule has 0 aliphatic rings. The SMILES string of the molecule is COc1ccc(-c2nnc3ccc(OCCNC(=O)c4c(F)cccc4F)nn23)cc1. The quantitative estimate of drug-likeness (QED) is 0.458. The molecule has 4 aromatic rings. The molecule has 0 saturated carbocycles. The van der Waals surface area contributed by atoms with Crippen molar-refractivity contribution in [1.29, 1.82) is 0 Å². The van der Waals surface area contributed by atoms with Crippen molar-refractivity contribution < 1.29 is 23.0 Å². The van der Waals surface area contributed by atoms with Crippen molar-refractivity contribution >= 4 is 11.6 Å². The van der Waals surface area contributed by atoms with Gasteiger partial charge < -0.3 is 14.8 Å². The maximum Gasteiger partial charge on any atom is 0.257 e. The largest absolute Gasteiger partial charge is 0.497 e. The number of nitrogens with one attached hydrogen (secondary N) is 1. The van der Waals surface area contributed by atoms with E-state index in [9.17, 15) is 13.6 Å². The van der Waals surface area contributed by atoms with Gasteiger partial charge in [0.15, 0.2) is 11.5 Å². The molecule has 0 aliphatic heterocycles. The van der Waals surface area contributed by atoms with E-state index in [-0.39, 0.29) is 19.0 Å². The summed E-state index contributed by atoms with van der Waals surface area (Å²) in [7, 11) is 1.59. The number of aromatic nitrogens is 4. The number of rotatable bonds is 7. The number of carbonyl (C=O) groups is 1. The highest BCUT2D eigenvalue weighted by atomic mass is 19.1. The molecule has 0 atom stereocenters. The molecule has 0 radical (unpaired) electrons. The van der Waals surface area contributed by atoms with Crippen molar-refractivity contribution in [2.45, 2.75) is 0 Å². The molecular formula is C21H17F2N5O3. The molecule has 1 amide bonds. The summed E-state index contributed by atoms with van der Waals surface area (Å²) in [6, 6.07) is 13.8. The molecule has 2 heterocycles. The third-order valence-corrected chi connectivity index (χ3v) is 4.41. The molecule has 0 aliphatic carbocycles. The molecule has 8 nitrogen and oxygen atoms in total. The number of hydrogen-bond acceptors (Lipinski definition) is 6. The van der Waals surface area contributed by atoms with Gasteiger partial charge in [0.25, 0.3) is 5.91 Å². The van der Waals surface area contributed by atoms with Gasteiger partial charge in [0, 0.05) is 11.6 Å². The second kappa shape index (κ2) is 8.74. The third-order valence-electron chi connectivity index (χ3n) is 4.41. The van der Waals surface area contributed by atoms with Crippen LogP contribution >= 0.6 is 0 Å². The molecule has 31 heavy (non-hydrogen) atoms. The molecule has 10 heteroatoms. The van der Waals surface area contributed by atoms with E-state index in [4.69, 9.17) is 9.47 Å². The van der Waals surface area contributed by atoms with Crippen LogP contribution in [0.2, 0.25) is 0 Å². The Morgan fingerprint density at radius 3 is 2.48 bits per heavy atom. The minimum Gasteiger partial charge on any atom is -0.497 e. The zero-order chi connectivity index (χ0) is 21.8. The summed E-state index contributed by atoms with van der Waals surface area (Å²) >= 11 is 0. The van der Waals surface area contributed by atoms with Gasteiger partial charge in [-0.15, -0.1) is 15.3 Å². The van der Waals surface area contributed by atoms with Crippen LogP contribution in [0.25, 0.3) is 17.0 Å². The highest BCUT2D eigenvalue weighted by molar-refractivity contribution is 5.94. The smallest absolute Gasteiger partial charge is 0.257 e. The van der Waals surface area contributed by atoms with Gasteiger partial charge in [-0.25, -0.2) is 8.78 Å². The summed E-state index contributed by atoms with van der Waals surface area (Å²) in [4.78, 5) is 12.0. The van der Waals surface area contributed by atoms with Crippen molar-refractivity contribution in [3.8, 4) is 23.0 Å². The van der Waals surface area contributed by atoms with Crippen LogP contribution in [-0.2, 0) is 0 Å². The average molecular weight is 425 g/mol. The van der Waals surface area contributed by atoms with E-state index in [1.54, 1.807) is 31.4 Å². The second-order valence-corrected chi connectivity index (χ2v) is 6.39. The lowest BCUT2D eigenvalue weighted by Gasteiger charge is -2.09. The van der Waals surface area contributed by atoms with E-state index in [2.05, 4.69) is 20.6 Å². The number of nitrogens with zero attached hydrogens (tertiary/aromatic N) is 4. The minimum absolute atomic E-state index is 0.0276. The molecule has 2 aromatic carbocycles. The number of methoxy groups -OCH3 is 1. The van der Waals surface area contributed by atoms with Crippen molar-refractivity contribution in [3.63, 3.8) is 0 Å². The Balaban J connectivity index is 1.41. The van der Waals surface area contributed by atoms with Gasteiger partial charge in [-0.1, -0.05) is 6.07 Å². The minimum atomic E-state index is -0.927. The predicted molar refractivity (Wildman–Crippen MR) is 107 cm³/mol. The van der Waals surface area contributed by atoms with Crippen molar-refractivity contribution in [2.24, 2.45) is 0 Å². The van der Waals surface area contributed by atoms with Crippen LogP contribution in [0.3, 0.4) is 0 Å². The summed E-state index contributed by atoms with van der Waals surface area (Å²) < 4.78 is 39.5. The number of carbonyl (C=O) groups excluding carboxylic acids is 1. The predicted octanol–water partition coefficient (Wildman–Crippen LogP) is 2.89. The monoisotopic (exact) mass is 425 g/mol. The maximum absolute atomic E-state index is 13.6. The van der Waals surface area contributed by atoms with E-state index in [0.29, 0.717) is 17.2 Å². The Hall–Kier alpha value is -4.08. The van der Waals surface area contributed by atoms with Gasteiger partial charge in [0.1, 0.15) is 29.6 Å². The van der Waals surface area contributed by atoms with Gasteiger partial charge in [0.2, 0.25) is 5.88 Å². The van der Waals surface area contributed by atoms with Crippen LogP contribution < -0.4 is 14.8 Å². The van der Waals surface area contributed by atoms with E-state index in [1.165, 1.54) is 10.6 Å². The average Bonchev–Trinajstić information content (AvgIpc) is 3.20. The van der Waals surface area contributed by atoms with Crippen LogP contribution in [0.15, 0.2) is 54.6 Å². The lowest BCUT2D eigenvalue weighted by molar-refractivity contribution is 0.0938. The number of benzene rings is 2. The zero-order valence-electron chi connectivity index (χ0n) is 16.4. The van der Waals surface area contributed by atoms with Crippen LogP contribution in [0.4, 0.5) is 8.78 Å². The van der Waals surface area contributed by atoms with E-state index in [1.807, 2.05) is 12.1 Å². The van der Waals surface area contributed by atoms with Crippen molar-refractivity contribution in [3.05, 3.63) is 71.8 Å². The summed E-state index contributed by atoms with van der Waals surface area (Å²) in [5.74, 6) is -1.21. The first kappa shape index (κ1) is 20.2. The molecule has 0 unspecified atom stereocenters. The summed E-state index contributed by atoms with van der Waals surface area (Å²) in [6.07, 6.45) is 0. The summed E-state index contributed by atoms with van der Waals surface area (Å²) in [6.45, 7) is 0.0696. The molecular weight excluding hydrogens is 408 g/mol. The number of ether oxygens (including phenoxy) is 2. The number of halogens is 2. The highest BCUT2D eigenvalue weighted by Crippen LogP contribution is 2.21. The Morgan fingerprint density at radius 2 is 1.77 bits per heavy atom. The number of amides is 1. The van der Waals surface area contributed by atoms with Crippen LogP contribution in [-0.4, -0.2) is 46.0 Å². The van der Waals surface area contributed by atoms with Gasteiger partial charge in [-0.05, 0) is 42.5 Å². The van der Waals surface area contributed by atoms with Gasteiger partial charge in [-0.3, -0.25) is 4.79 Å². The first-order valence-electron chi connectivity index (χ1n) is 9.28. The van der Waals surface area contributed by atoms with Crippen LogP contribution in [0.1, 0.15) is 10.4 Å². The molecule has 158 valence electrons. The normalized spacial score (nSPS) is 10.8. The Morgan fingerprint density at radius 1 is 1.03 bits per heavy atom. The van der Waals surface area contributed by atoms with E-state index >= 15 is 0 Å².